The topological polar surface area (TPSA) is 3.24 Å². The van der Waals surface area contributed by atoms with Gasteiger partial charge in [0.15, 0.2) is 0 Å². The minimum Gasteiger partial charge on any atom is -0.293 e. The molecule has 4 rings (SSSR count). The van der Waals surface area contributed by atoms with Gasteiger partial charge < -0.3 is 0 Å². The smallest absolute Gasteiger partial charge is 0.0491 e. The molecule has 1 saturated heterocycles. The zero-order valence-electron chi connectivity index (χ0n) is 11.1. The molecule has 3 fully saturated rings. The van der Waals surface area contributed by atoms with Gasteiger partial charge >= 0.3 is 0 Å². The molecule has 96 valence electrons. The van der Waals surface area contributed by atoms with Crippen molar-refractivity contribution in [3.8, 4) is 0 Å². The molecule has 18 heavy (non-hydrogen) atoms. The predicted molar refractivity (Wildman–Crippen MR) is 74.4 cm³/mol. The van der Waals surface area contributed by atoms with Crippen LogP contribution in [0.4, 0.5) is 0 Å². The van der Waals surface area contributed by atoms with E-state index in [0.717, 1.165) is 11.8 Å². The molecular weight excluding hydrogens is 218 g/mol. The van der Waals surface area contributed by atoms with Crippen LogP contribution in [-0.4, -0.2) is 18.0 Å². The Morgan fingerprint density at radius 1 is 1.00 bits per heavy atom. The molecule has 0 radical (unpaired) electrons. The summed E-state index contributed by atoms with van der Waals surface area (Å²) < 4.78 is 0. The molecule has 1 aliphatic heterocycles. The highest BCUT2D eigenvalue weighted by atomic mass is 15.2. The lowest BCUT2D eigenvalue weighted by Gasteiger charge is -2.45. The SMILES string of the molecule is c1ccc(C2(N3CCCCC3)CCC3CC32)cc1. The highest BCUT2D eigenvalue weighted by molar-refractivity contribution is 5.31. The highest BCUT2D eigenvalue weighted by Gasteiger charge is 2.60. The molecule has 1 aromatic carbocycles. The Balaban J connectivity index is 1.74. The predicted octanol–water partition coefficient (Wildman–Crippen LogP) is 3.80. The fraction of sp³-hybridized carbons (Fsp3) is 0.647. The van der Waals surface area contributed by atoms with Crippen molar-refractivity contribution in [2.45, 2.75) is 44.1 Å². The summed E-state index contributed by atoms with van der Waals surface area (Å²) >= 11 is 0. The summed E-state index contributed by atoms with van der Waals surface area (Å²) in [6, 6.07) is 11.4. The van der Waals surface area contributed by atoms with Crippen LogP contribution >= 0.6 is 0 Å². The van der Waals surface area contributed by atoms with Crippen molar-refractivity contribution in [2.75, 3.05) is 13.1 Å². The van der Waals surface area contributed by atoms with Crippen LogP contribution in [0, 0.1) is 11.8 Å². The van der Waals surface area contributed by atoms with Gasteiger partial charge in [-0.15, -0.1) is 0 Å². The van der Waals surface area contributed by atoms with E-state index in [4.69, 9.17) is 0 Å². The lowest BCUT2D eigenvalue weighted by Crippen LogP contribution is -2.49. The van der Waals surface area contributed by atoms with E-state index in [-0.39, 0.29) is 0 Å². The third kappa shape index (κ3) is 1.50. The third-order valence-corrected chi connectivity index (χ3v) is 5.63. The van der Waals surface area contributed by atoms with Gasteiger partial charge in [0.05, 0.1) is 0 Å². The first-order valence-electron chi connectivity index (χ1n) is 7.72. The maximum Gasteiger partial charge on any atom is 0.0491 e. The van der Waals surface area contributed by atoms with Crippen molar-refractivity contribution >= 4 is 0 Å². The molecule has 3 aliphatic rings. The third-order valence-electron chi connectivity index (χ3n) is 5.63. The molecule has 3 atom stereocenters. The Hall–Kier alpha value is -0.820. The number of likely N-dealkylation sites (tertiary alicyclic amines) is 1. The first-order valence-corrected chi connectivity index (χ1v) is 7.72. The van der Waals surface area contributed by atoms with Gasteiger partial charge in [0, 0.05) is 5.54 Å². The van der Waals surface area contributed by atoms with Gasteiger partial charge in [-0.3, -0.25) is 4.90 Å². The van der Waals surface area contributed by atoms with Crippen LogP contribution in [0.3, 0.4) is 0 Å². The largest absolute Gasteiger partial charge is 0.293 e. The van der Waals surface area contributed by atoms with Gasteiger partial charge in [-0.2, -0.15) is 0 Å². The molecule has 1 nitrogen and oxygen atoms in total. The Labute approximate surface area is 110 Å². The van der Waals surface area contributed by atoms with Gasteiger partial charge in [-0.05, 0) is 62.6 Å². The van der Waals surface area contributed by atoms with Crippen LogP contribution < -0.4 is 0 Å². The van der Waals surface area contributed by atoms with Crippen molar-refractivity contribution in [2.24, 2.45) is 11.8 Å². The molecule has 1 heterocycles. The standard InChI is InChI=1S/C17H23N/c1-3-7-15(8-4-1)17(10-9-14-13-16(14)17)18-11-5-2-6-12-18/h1,3-4,7-8,14,16H,2,5-6,9-13H2. The quantitative estimate of drug-likeness (QED) is 0.761. The van der Waals surface area contributed by atoms with Crippen molar-refractivity contribution < 1.29 is 0 Å². The summed E-state index contributed by atoms with van der Waals surface area (Å²) in [5.74, 6) is 2.02. The maximum atomic E-state index is 2.85. The van der Waals surface area contributed by atoms with Crippen LogP contribution in [-0.2, 0) is 5.54 Å². The second-order valence-electron chi connectivity index (χ2n) is 6.48. The summed E-state index contributed by atoms with van der Waals surface area (Å²) in [6.45, 7) is 2.66. The van der Waals surface area contributed by atoms with Gasteiger partial charge in [0.2, 0.25) is 0 Å². The normalized spacial score (nSPS) is 39.6. The molecule has 0 amide bonds. The number of fused-ring (bicyclic) bond motifs is 1. The second-order valence-corrected chi connectivity index (χ2v) is 6.48. The summed E-state index contributed by atoms with van der Waals surface area (Å²) in [7, 11) is 0. The van der Waals surface area contributed by atoms with Gasteiger partial charge in [-0.25, -0.2) is 0 Å². The highest BCUT2D eigenvalue weighted by Crippen LogP contribution is 2.64. The summed E-state index contributed by atoms with van der Waals surface area (Å²) in [4.78, 5) is 2.85. The fourth-order valence-electron chi connectivity index (χ4n) is 4.70. The van der Waals surface area contributed by atoms with E-state index in [1.165, 1.54) is 51.6 Å². The van der Waals surface area contributed by atoms with E-state index >= 15 is 0 Å². The van der Waals surface area contributed by atoms with Crippen LogP contribution in [0.15, 0.2) is 30.3 Å². The molecule has 1 heteroatoms. The second kappa shape index (κ2) is 4.09. The number of hydrogen-bond acceptors (Lipinski definition) is 1. The lowest BCUT2D eigenvalue weighted by atomic mass is 9.81. The molecule has 0 aromatic heterocycles. The molecule has 1 aromatic rings. The lowest BCUT2D eigenvalue weighted by molar-refractivity contribution is 0.0494. The van der Waals surface area contributed by atoms with Gasteiger partial charge in [0.1, 0.15) is 0 Å². The minimum absolute atomic E-state index is 0.423. The zero-order valence-corrected chi connectivity index (χ0v) is 11.1. The maximum absolute atomic E-state index is 2.85. The first-order chi connectivity index (χ1) is 8.91. The molecule has 2 aliphatic carbocycles. The fourth-order valence-corrected chi connectivity index (χ4v) is 4.70. The zero-order chi connectivity index (χ0) is 12.0. The van der Waals surface area contributed by atoms with Crippen molar-refractivity contribution in [3.63, 3.8) is 0 Å². The van der Waals surface area contributed by atoms with E-state index < -0.39 is 0 Å². The Morgan fingerprint density at radius 3 is 2.39 bits per heavy atom. The molecule has 3 unspecified atom stereocenters. The van der Waals surface area contributed by atoms with E-state index in [0.29, 0.717) is 5.54 Å². The monoisotopic (exact) mass is 241 g/mol. The molecule has 0 spiro atoms. The van der Waals surface area contributed by atoms with Crippen LogP contribution in [0.2, 0.25) is 0 Å². The van der Waals surface area contributed by atoms with Gasteiger partial charge in [-0.1, -0.05) is 36.8 Å². The average Bonchev–Trinajstić information content (AvgIpc) is 3.15. The van der Waals surface area contributed by atoms with Gasteiger partial charge in [0.25, 0.3) is 0 Å². The van der Waals surface area contributed by atoms with Crippen molar-refractivity contribution in [3.05, 3.63) is 35.9 Å². The van der Waals surface area contributed by atoms with E-state index in [2.05, 4.69) is 35.2 Å². The Morgan fingerprint density at radius 2 is 1.78 bits per heavy atom. The number of piperidine rings is 1. The Bertz CT molecular complexity index is 420. The van der Waals surface area contributed by atoms with Crippen LogP contribution in [0.25, 0.3) is 0 Å². The Kier molecular flexibility index (Phi) is 2.51. The van der Waals surface area contributed by atoms with E-state index in [1.54, 1.807) is 5.56 Å². The summed E-state index contributed by atoms with van der Waals surface area (Å²) in [6.07, 6.45) is 8.63. The van der Waals surface area contributed by atoms with Crippen LogP contribution in [0.5, 0.6) is 0 Å². The molecule has 0 N–H and O–H groups in total. The minimum atomic E-state index is 0.423. The summed E-state index contributed by atoms with van der Waals surface area (Å²) in [5.41, 5.74) is 2.03. The first kappa shape index (κ1) is 11.0. The molecule has 0 bridgehead atoms. The van der Waals surface area contributed by atoms with Crippen molar-refractivity contribution in [1.82, 2.24) is 4.90 Å². The average molecular weight is 241 g/mol. The summed E-state index contributed by atoms with van der Waals surface area (Å²) in [5, 5.41) is 0. The number of nitrogens with zero attached hydrogens (tertiary/aromatic N) is 1. The molecular formula is C17H23N. The van der Waals surface area contributed by atoms with E-state index in [9.17, 15) is 0 Å². The molecule has 2 saturated carbocycles. The van der Waals surface area contributed by atoms with Crippen molar-refractivity contribution in [1.29, 1.82) is 0 Å². The number of hydrogen-bond donors (Lipinski definition) is 0. The number of rotatable bonds is 2. The van der Waals surface area contributed by atoms with E-state index in [1.807, 2.05) is 0 Å². The number of benzene rings is 1. The van der Waals surface area contributed by atoms with Crippen LogP contribution in [0.1, 0.15) is 44.1 Å².